The molecule has 84 valence electrons. The zero-order chi connectivity index (χ0) is 10.1. The number of rotatable bonds is 1. The van der Waals surface area contributed by atoms with Crippen molar-refractivity contribution in [2.75, 3.05) is 18.0 Å². The summed E-state index contributed by atoms with van der Waals surface area (Å²) in [5, 5.41) is 0.306. The monoisotopic (exact) mass is 248 g/mol. The lowest BCUT2D eigenvalue weighted by Crippen LogP contribution is -2.27. The zero-order valence-electron chi connectivity index (χ0n) is 8.48. The lowest BCUT2D eigenvalue weighted by atomic mass is 10.3. The standard InChI is InChI=1S/C9H13ClN4.ClH/c1-6-4-8(13-9(10)12-6)14-3-2-7(11)5-14;/h4,7H,2-3,5,11H2,1H3;1H/t7-;/m1./s1. The van der Waals surface area contributed by atoms with E-state index in [0.29, 0.717) is 5.28 Å². The summed E-state index contributed by atoms with van der Waals surface area (Å²) in [5.74, 6) is 0.885. The first kappa shape index (κ1) is 12.5. The van der Waals surface area contributed by atoms with Crippen molar-refractivity contribution in [1.29, 1.82) is 0 Å². The summed E-state index contributed by atoms with van der Waals surface area (Å²) in [7, 11) is 0. The van der Waals surface area contributed by atoms with E-state index in [-0.39, 0.29) is 18.4 Å². The van der Waals surface area contributed by atoms with Crippen LogP contribution in [-0.2, 0) is 0 Å². The van der Waals surface area contributed by atoms with Gasteiger partial charge in [-0.15, -0.1) is 12.4 Å². The number of nitrogens with zero attached hydrogens (tertiary/aromatic N) is 3. The average Bonchev–Trinajstić information content (AvgIpc) is 2.50. The molecule has 0 radical (unpaired) electrons. The van der Waals surface area contributed by atoms with Gasteiger partial charge in [-0.25, -0.2) is 9.97 Å². The average molecular weight is 249 g/mol. The topological polar surface area (TPSA) is 55.0 Å². The minimum absolute atomic E-state index is 0. The van der Waals surface area contributed by atoms with Crippen molar-refractivity contribution in [1.82, 2.24) is 9.97 Å². The minimum Gasteiger partial charge on any atom is -0.355 e. The van der Waals surface area contributed by atoms with Crippen molar-refractivity contribution in [3.05, 3.63) is 17.0 Å². The van der Waals surface area contributed by atoms with Crippen LogP contribution in [0.4, 0.5) is 5.82 Å². The van der Waals surface area contributed by atoms with E-state index in [4.69, 9.17) is 17.3 Å². The highest BCUT2D eigenvalue weighted by atomic mass is 35.5. The Balaban J connectivity index is 0.00000112. The third-order valence-corrected chi connectivity index (χ3v) is 2.53. The molecule has 1 saturated heterocycles. The summed E-state index contributed by atoms with van der Waals surface area (Å²) >= 11 is 5.78. The van der Waals surface area contributed by atoms with Crippen molar-refractivity contribution >= 4 is 29.8 Å². The maximum absolute atomic E-state index is 5.82. The molecule has 4 nitrogen and oxygen atoms in total. The largest absolute Gasteiger partial charge is 0.355 e. The summed E-state index contributed by atoms with van der Waals surface area (Å²) in [6, 6.07) is 2.19. The predicted octanol–water partition coefficient (Wildman–Crippen LogP) is 1.40. The smallest absolute Gasteiger partial charge is 0.224 e. The summed E-state index contributed by atoms with van der Waals surface area (Å²) in [6.45, 7) is 3.72. The van der Waals surface area contributed by atoms with Gasteiger partial charge in [-0.1, -0.05) is 0 Å². The first-order valence-corrected chi connectivity index (χ1v) is 5.04. The molecule has 0 unspecified atom stereocenters. The normalized spacial score (nSPS) is 20.2. The van der Waals surface area contributed by atoms with Gasteiger partial charge in [-0.3, -0.25) is 0 Å². The lowest BCUT2D eigenvalue weighted by Gasteiger charge is -2.16. The van der Waals surface area contributed by atoms with Gasteiger partial charge in [0, 0.05) is 30.9 Å². The summed E-state index contributed by atoms with van der Waals surface area (Å²) < 4.78 is 0. The summed E-state index contributed by atoms with van der Waals surface area (Å²) in [4.78, 5) is 10.3. The second-order valence-electron chi connectivity index (χ2n) is 3.63. The highest BCUT2D eigenvalue weighted by Crippen LogP contribution is 2.19. The minimum atomic E-state index is 0. The van der Waals surface area contributed by atoms with Gasteiger partial charge in [0.15, 0.2) is 0 Å². The van der Waals surface area contributed by atoms with Crippen LogP contribution in [-0.4, -0.2) is 29.1 Å². The Labute approximate surface area is 100 Å². The van der Waals surface area contributed by atoms with Crippen molar-refractivity contribution < 1.29 is 0 Å². The molecule has 0 spiro atoms. The van der Waals surface area contributed by atoms with Gasteiger partial charge in [0.25, 0.3) is 0 Å². The van der Waals surface area contributed by atoms with Gasteiger partial charge in [0.1, 0.15) is 5.82 Å². The molecule has 15 heavy (non-hydrogen) atoms. The van der Waals surface area contributed by atoms with Crippen molar-refractivity contribution in [2.24, 2.45) is 5.73 Å². The summed E-state index contributed by atoms with van der Waals surface area (Å²) in [6.07, 6.45) is 1.01. The molecule has 1 fully saturated rings. The van der Waals surface area contributed by atoms with E-state index in [1.807, 2.05) is 13.0 Å². The first-order chi connectivity index (χ1) is 6.65. The Morgan fingerprint density at radius 1 is 1.53 bits per heavy atom. The third-order valence-electron chi connectivity index (χ3n) is 2.36. The number of halogens is 2. The Morgan fingerprint density at radius 3 is 2.80 bits per heavy atom. The van der Waals surface area contributed by atoms with E-state index in [9.17, 15) is 0 Å². The molecule has 1 aliphatic heterocycles. The zero-order valence-corrected chi connectivity index (χ0v) is 10.1. The molecule has 1 aromatic rings. The molecule has 0 aliphatic carbocycles. The van der Waals surface area contributed by atoms with E-state index in [1.165, 1.54) is 0 Å². The van der Waals surface area contributed by atoms with E-state index in [2.05, 4.69) is 14.9 Å². The summed E-state index contributed by atoms with van der Waals surface area (Å²) in [5.41, 5.74) is 6.71. The number of hydrogen-bond donors (Lipinski definition) is 1. The van der Waals surface area contributed by atoms with Crippen molar-refractivity contribution in [2.45, 2.75) is 19.4 Å². The fourth-order valence-corrected chi connectivity index (χ4v) is 1.89. The van der Waals surface area contributed by atoms with Gasteiger partial charge in [0.2, 0.25) is 5.28 Å². The van der Waals surface area contributed by atoms with Crippen LogP contribution in [0.5, 0.6) is 0 Å². The van der Waals surface area contributed by atoms with Crippen LogP contribution in [0.1, 0.15) is 12.1 Å². The molecule has 2 rings (SSSR count). The molecular weight excluding hydrogens is 235 g/mol. The lowest BCUT2D eigenvalue weighted by molar-refractivity contribution is 0.751. The molecule has 1 aliphatic rings. The Hall–Kier alpha value is -0.580. The van der Waals surface area contributed by atoms with E-state index in [1.54, 1.807) is 0 Å². The van der Waals surface area contributed by atoms with Crippen molar-refractivity contribution in [3.8, 4) is 0 Å². The third kappa shape index (κ3) is 2.93. The molecule has 1 aromatic heterocycles. The molecule has 6 heteroatoms. The van der Waals surface area contributed by atoms with Gasteiger partial charge in [-0.05, 0) is 24.9 Å². The van der Waals surface area contributed by atoms with Crippen LogP contribution in [0.25, 0.3) is 0 Å². The molecule has 0 saturated carbocycles. The molecule has 2 N–H and O–H groups in total. The Bertz CT molecular complexity index is 325. The number of nitrogens with two attached hydrogens (primary N) is 1. The van der Waals surface area contributed by atoms with Gasteiger partial charge < -0.3 is 10.6 Å². The van der Waals surface area contributed by atoms with E-state index < -0.39 is 0 Å². The number of aromatic nitrogens is 2. The quantitative estimate of drug-likeness (QED) is 0.764. The number of hydrogen-bond acceptors (Lipinski definition) is 4. The van der Waals surface area contributed by atoms with Crippen LogP contribution in [0.3, 0.4) is 0 Å². The SMILES string of the molecule is Cc1cc(N2CC[C@@H](N)C2)nc(Cl)n1.Cl. The predicted molar refractivity (Wildman–Crippen MR) is 63.8 cm³/mol. The van der Waals surface area contributed by atoms with E-state index in [0.717, 1.165) is 31.0 Å². The van der Waals surface area contributed by atoms with Crippen LogP contribution in [0.2, 0.25) is 5.28 Å². The molecule has 0 amide bonds. The van der Waals surface area contributed by atoms with Crippen LogP contribution < -0.4 is 10.6 Å². The van der Waals surface area contributed by atoms with Crippen LogP contribution >= 0.6 is 24.0 Å². The van der Waals surface area contributed by atoms with Crippen LogP contribution in [0, 0.1) is 6.92 Å². The fraction of sp³-hybridized carbons (Fsp3) is 0.556. The molecule has 0 aromatic carbocycles. The molecule has 2 heterocycles. The van der Waals surface area contributed by atoms with Gasteiger partial charge in [-0.2, -0.15) is 0 Å². The second-order valence-corrected chi connectivity index (χ2v) is 3.97. The van der Waals surface area contributed by atoms with Gasteiger partial charge in [0.05, 0.1) is 0 Å². The number of anilines is 1. The maximum atomic E-state index is 5.82. The van der Waals surface area contributed by atoms with Gasteiger partial charge >= 0.3 is 0 Å². The molecule has 0 bridgehead atoms. The fourth-order valence-electron chi connectivity index (χ4n) is 1.67. The molecule has 1 atom stereocenters. The number of aryl methyl sites for hydroxylation is 1. The maximum Gasteiger partial charge on any atom is 0.224 e. The Kier molecular flexibility index (Phi) is 4.13. The second kappa shape index (κ2) is 4.96. The van der Waals surface area contributed by atoms with Crippen molar-refractivity contribution in [3.63, 3.8) is 0 Å². The molecular formula is C9H14Cl2N4. The van der Waals surface area contributed by atoms with E-state index >= 15 is 0 Å². The first-order valence-electron chi connectivity index (χ1n) is 4.67. The Morgan fingerprint density at radius 2 is 2.27 bits per heavy atom. The van der Waals surface area contributed by atoms with Crippen LogP contribution in [0.15, 0.2) is 6.07 Å². The highest BCUT2D eigenvalue weighted by Gasteiger charge is 2.20. The highest BCUT2D eigenvalue weighted by molar-refractivity contribution is 6.28.